The summed E-state index contributed by atoms with van der Waals surface area (Å²) in [6.45, 7) is 0. The molecule has 1 aromatic rings. The van der Waals surface area contributed by atoms with E-state index in [4.69, 9.17) is 21.1 Å². The number of thiophene rings is 1. The van der Waals surface area contributed by atoms with Crippen molar-refractivity contribution in [1.29, 1.82) is 0 Å². The number of carbonyl (C=O) groups is 1. The van der Waals surface area contributed by atoms with Crippen LogP contribution in [0, 0.1) is 0 Å². The Bertz CT molecular complexity index is 347. The van der Waals surface area contributed by atoms with Crippen LogP contribution >= 0.6 is 22.9 Å². The maximum absolute atomic E-state index is 11.3. The fraction of sp³-hybridized carbons (Fsp3) is 0.375. The highest BCUT2D eigenvalue weighted by molar-refractivity contribution is 7.16. The highest BCUT2D eigenvalue weighted by Gasteiger charge is 2.23. The average Bonchev–Trinajstić information content (AvgIpc) is 2.53. The molecule has 1 heterocycles. The van der Waals surface area contributed by atoms with Crippen LogP contribution in [-0.4, -0.2) is 27.3 Å². The molecule has 0 N–H and O–H groups in total. The Labute approximate surface area is 90.3 Å². The number of halogens is 1. The zero-order valence-electron chi connectivity index (χ0n) is 7.92. The highest BCUT2D eigenvalue weighted by Crippen LogP contribution is 2.44. The summed E-state index contributed by atoms with van der Waals surface area (Å²) in [4.78, 5) is 11.6. The van der Waals surface area contributed by atoms with Crippen molar-refractivity contribution in [2.24, 2.45) is 0 Å². The molecule has 0 bridgehead atoms. The van der Waals surface area contributed by atoms with Crippen molar-refractivity contribution in [2.75, 3.05) is 21.3 Å². The Morgan fingerprint density at radius 3 is 2.36 bits per heavy atom. The van der Waals surface area contributed by atoms with Crippen LogP contribution in [0.1, 0.15) is 9.67 Å². The molecule has 0 saturated heterocycles. The summed E-state index contributed by atoms with van der Waals surface area (Å²) in [5.74, 6) is -0.197. The second-order valence-electron chi connectivity index (χ2n) is 2.26. The quantitative estimate of drug-likeness (QED) is 0.755. The Hall–Kier alpha value is -0.940. The molecule has 0 amide bonds. The second-order valence-corrected chi connectivity index (χ2v) is 3.62. The molecule has 6 heteroatoms. The number of ether oxygens (including phenoxy) is 3. The van der Waals surface area contributed by atoms with E-state index in [2.05, 4.69) is 4.74 Å². The number of carbonyl (C=O) groups excluding carboxylic acids is 1. The van der Waals surface area contributed by atoms with Gasteiger partial charge in [0.1, 0.15) is 5.02 Å². The zero-order chi connectivity index (χ0) is 10.7. The maximum Gasteiger partial charge on any atom is 0.352 e. The first-order valence-corrected chi connectivity index (χ1v) is 4.83. The Morgan fingerprint density at radius 1 is 1.29 bits per heavy atom. The molecule has 0 aliphatic heterocycles. The van der Waals surface area contributed by atoms with Gasteiger partial charge in [0.15, 0.2) is 15.7 Å². The number of rotatable bonds is 3. The monoisotopic (exact) mass is 236 g/mol. The molecule has 78 valence electrons. The molecule has 0 aliphatic rings. The summed E-state index contributed by atoms with van der Waals surface area (Å²) in [6.07, 6.45) is 0. The van der Waals surface area contributed by atoms with Gasteiger partial charge in [0, 0.05) is 0 Å². The lowest BCUT2D eigenvalue weighted by Crippen LogP contribution is -2.00. The highest BCUT2D eigenvalue weighted by atomic mass is 35.5. The summed E-state index contributed by atoms with van der Waals surface area (Å²) < 4.78 is 14.5. The van der Waals surface area contributed by atoms with Crippen molar-refractivity contribution < 1.29 is 19.0 Å². The lowest BCUT2D eigenvalue weighted by atomic mass is 10.4. The summed E-state index contributed by atoms with van der Waals surface area (Å²) in [5, 5.41) is 0.726. The van der Waals surface area contributed by atoms with Gasteiger partial charge in [-0.1, -0.05) is 22.9 Å². The van der Waals surface area contributed by atoms with Gasteiger partial charge in [0.2, 0.25) is 0 Å². The van der Waals surface area contributed by atoms with Gasteiger partial charge in [-0.05, 0) is 0 Å². The second kappa shape index (κ2) is 4.52. The molecule has 14 heavy (non-hydrogen) atoms. The number of hydrogen-bond acceptors (Lipinski definition) is 5. The lowest BCUT2D eigenvalue weighted by molar-refractivity contribution is 0.0603. The van der Waals surface area contributed by atoms with Crippen LogP contribution < -0.4 is 9.47 Å². The molecule has 1 aromatic heterocycles. The molecule has 0 fully saturated rings. The first-order chi connectivity index (χ1) is 6.65. The summed E-state index contributed by atoms with van der Waals surface area (Å²) in [6, 6.07) is 0. The first kappa shape index (κ1) is 11.1. The van der Waals surface area contributed by atoms with Gasteiger partial charge in [-0.2, -0.15) is 0 Å². The fourth-order valence-electron chi connectivity index (χ4n) is 0.917. The zero-order valence-corrected chi connectivity index (χ0v) is 9.49. The third kappa shape index (κ3) is 1.78. The minimum atomic E-state index is -0.489. The molecule has 0 saturated carbocycles. The molecule has 0 aromatic carbocycles. The Morgan fingerprint density at radius 2 is 1.93 bits per heavy atom. The van der Waals surface area contributed by atoms with Gasteiger partial charge in [-0.15, -0.1) is 0 Å². The SMILES string of the molecule is COC(=O)c1sc(OC)c(Cl)c1OC. The van der Waals surface area contributed by atoms with Crippen molar-refractivity contribution in [3.63, 3.8) is 0 Å². The molecular weight excluding hydrogens is 228 g/mol. The van der Waals surface area contributed by atoms with E-state index in [1.165, 1.54) is 21.3 Å². The van der Waals surface area contributed by atoms with Gasteiger partial charge >= 0.3 is 5.97 Å². The predicted molar refractivity (Wildman–Crippen MR) is 53.8 cm³/mol. The predicted octanol–water partition coefficient (Wildman–Crippen LogP) is 2.21. The van der Waals surface area contributed by atoms with E-state index in [1.807, 2.05) is 0 Å². The largest absolute Gasteiger partial charge is 0.493 e. The fourth-order valence-corrected chi connectivity index (χ4v) is 2.23. The summed E-state index contributed by atoms with van der Waals surface area (Å²) in [5.41, 5.74) is 0. The van der Waals surface area contributed by atoms with E-state index >= 15 is 0 Å². The normalized spacial score (nSPS) is 9.71. The van der Waals surface area contributed by atoms with Gasteiger partial charge in [-0.3, -0.25) is 0 Å². The standard InChI is InChI=1S/C8H9ClO4S/c1-11-5-4(9)8(13-3)14-6(5)7(10)12-2/h1-3H3. The van der Waals surface area contributed by atoms with E-state index in [-0.39, 0.29) is 0 Å². The average molecular weight is 237 g/mol. The van der Waals surface area contributed by atoms with Crippen LogP contribution in [-0.2, 0) is 4.74 Å². The van der Waals surface area contributed by atoms with E-state index in [0.29, 0.717) is 20.7 Å². The van der Waals surface area contributed by atoms with Gasteiger partial charge < -0.3 is 14.2 Å². The van der Waals surface area contributed by atoms with Crippen LogP contribution in [0.25, 0.3) is 0 Å². The topological polar surface area (TPSA) is 44.8 Å². The molecule has 0 atom stereocenters. The smallest absolute Gasteiger partial charge is 0.352 e. The van der Waals surface area contributed by atoms with Crippen LogP contribution in [0.4, 0.5) is 0 Å². The molecule has 0 unspecified atom stereocenters. The van der Waals surface area contributed by atoms with E-state index in [1.54, 1.807) is 0 Å². The van der Waals surface area contributed by atoms with Crippen molar-refractivity contribution >= 4 is 28.9 Å². The van der Waals surface area contributed by atoms with Gasteiger partial charge in [0.25, 0.3) is 0 Å². The molecule has 0 radical (unpaired) electrons. The van der Waals surface area contributed by atoms with Crippen molar-refractivity contribution in [3.8, 4) is 10.8 Å². The Balaban J connectivity index is 3.22. The van der Waals surface area contributed by atoms with Crippen LogP contribution in [0.3, 0.4) is 0 Å². The third-order valence-corrected chi connectivity index (χ3v) is 3.11. The van der Waals surface area contributed by atoms with Crippen LogP contribution in [0.2, 0.25) is 5.02 Å². The van der Waals surface area contributed by atoms with Gasteiger partial charge in [-0.25, -0.2) is 4.79 Å². The van der Waals surface area contributed by atoms with Gasteiger partial charge in [0.05, 0.1) is 21.3 Å². The van der Waals surface area contributed by atoms with Crippen molar-refractivity contribution in [3.05, 3.63) is 9.90 Å². The molecule has 4 nitrogen and oxygen atoms in total. The van der Waals surface area contributed by atoms with Crippen LogP contribution in [0.5, 0.6) is 10.8 Å². The maximum atomic E-state index is 11.3. The van der Waals surface area contributed by atoms with Crippen LogP contribution in [0.15, 0.2) is 0 Å². The van der Waals surface area contributed by atoms with E-state index in [9.17, 15) is 4.79 Å². The van der Waals surface area contributed by atoms with Crippen molar-refractivity contribution in [2.45, 2.75) is 0 Å². The Kier molecular flexibility index (Phi) is 3.60. The number of hydrogen-bond donors (Lipinski definition) is 0. The van der Waals surface area contributed by atoms with Crippen molar-refractivity contribution in [1.82, 2.24) is 0 Å². The minimum Gasteiger partial charge on any atom is -0.493 e. The molecular formula is C8H9ClO4S. The molecule has 0 spiro atoms. The molecule has 0 aliphatic carbocycles. The summed E-state index contributed by atoms with van der Waals surface area (Å²) in [7, 11) is 4.19. The van der Waals surface area contributed by atoms with E-state index < -0.39 is 5.97 Å². The third-order valence-electron chi connectivity index (χ3n) is 1.54. The minimum absolute atomic E-state index is 0.292. The first-order valence-electron chi connectivity index (χ1n) is 3.64. The molecule has 1 rings (SSSR count). The number of methoxy groups -OCH3 is 3. The number of esters is 1. The van der Waals surface area contributed by atoms with E-state index in [0.717, 1.165) is 11.3 Å². The lowest BCUT2D eigenvalue weighted by Gasteiger charge is -1.99. The summed E-state index contributed by atoms with van der Waals surface area (Å²) >= 11 is 6.97.